The SMILES string of the molecule is CCS(=O)(=O)c1ccc(Cl)cc1Cn1cnc2cc(CN3CCN(C(=O)O)CC3)c(C(F)(F)F)cc2c1=O. The molecule has 0 saturated carbocycles. The minimum atomic E-state index is -4.76. The topological polar surface area (TPSA) is 113 Å². The third kappa shape index (κ3) is 5.79. The molecule has 1 aromatic heterocycles. The van der Waals surface area contributed by atoms with Crippen LogP contribution in [0, 0.1) is 0 Å². The fourth-order valence-electron chi connectivity index (χ4n) is 4.41. The van der Waals surface area contributed by atoms with Gasteiger partial charge in [0.15, 0.2) is 9.84 Å². The van der Waals surface area contributed by atoms with Crippen LogP contribution in [0.2, 0.25) is 5.02 Å². The second-order valence-corrected chi connectivity index (χ2v) is 11.6. The molecule has 204 valence electrons. The lowest BCUT2D eigenvalue weighted by Crippen LogP contribution is -2.47. The lowest BCUT2D eigenvalue weighted by molar-refractivity contribution is -0.138. The highest BCUT2D eigenvalue weighted by Gasteiger charge is 2.35. The molecule has 1 N–H and O–H groups in total. The Hall–Kier alpha value is -3.16. The van der Waals surface area contributed by atoms with Gasteiger partial charge in [-0.1, -0.05) is 18.5 Å². The van der Waals surface area contributed by atoms with Crippen LogP contribution in [0.1, 0.15) is 23.6 Å². The fourth-order valence-corrected chi connectivity index (χ4v) is 5.71. The van der Waals surface area contributed by atoms with E-state index in [0.29, 0.717) is 0 Å². The van der Waals surface area contributed by atoms with Gasteiger partial charge in [-0.3, -0.25) is 14.3 Å². The number of amides is 1. The zero-order valence-corrected chi connectivity index (χ0v) is 21.8. The van der Waals surface area contributed by atoms with Crippen LogP contribution < -0.4 is 5.56 Å². The molecule has 0 atom stereocenters. The predicted molar refractivity (Wildman–Crippen MR) is 134 cm³/mol. The number of carboxylic acid groups (broad SMARTS) is 1. The van der Waals surface area contributed by atoms with Crippen molar-refractivity contribution in [3.63, 3.8) is 0 Å². The largest absolute Gasteiger partial charge is 0.465 e. The van der Waals surface area contributed by atoms with Crippen LogP contribution in [0.15, 0.2) is 46.3 Å². The van der Waals surface area contributed by atoms with Crippen molar-refractivity contribution >= 4 is 38.4 Å². The molecule has 4 rings (SSSR count). The van der Waals surface area contributed by atoms with Crippen molar-refractivity contribution in [3.05, 3.63) is 68.7 Å². The van der Waals surface area contributed by atoms with Gasteiger partial charge in [0.1, 0.15) is 0 Å². The number of fused-ring (bicyclic) bond motifs is 1. The number of alkyl halides is 3. The normalized spacial score (nSPS) is 15.2. The highest BCUT2D eigenvalue weighted by atomic mass is 35.5. The second-order valence-electron chi connectivity index (χ2n) is 8.90. The number of benzene rings is 2. The summed E-state index contributed by atoms with van der Waals surface area (Å²) in [6.45, 7) is 1.99. The average molecular weight is 573 g/mol. The van der Waals surface area contributed by atoms with Gasteiger partial charge in [0.25, 0.3) is 5.56 Å². The molecule has 1 aliphatic rings. The van der Waals surface area contributed by atoms with Crippen LogP contribution in [0.3, 0.4) is 0 Å². The molecule has 9 nitrogen and oxygen atoms in total. The van der Waals surface area contributed by atoms with Crippen LogP contribution in [-0.2, 0) is 29.1 Å². The Labute approximate surface area is 221 Å². The van der Waals surface area contributed by atoms with E-state index in [0.717, 1.165) is 17.0 Å². The first-order valence-electron chi connectivity index (χ1n) is 11.6. The Kier molecular flexibility index (Phi) is 7.73. The number of hydrogen-bond donors (Lipinski definition) is 1. The first-order chi connectivity index (χ1) is 17.8. The molecule has 1 fully saturated rings. The Morgan fingerprint density at radius 3 is 2.37 bits per heavy atom. The van der Waals surface area contributed by atoms with Gasteiger partial charge in [0.05, 0.1) is 40.0 Å². The van der Waals surface area contributed by atoms with Crippen LogP contribution >= 0.6 is 11.6 Å². The van der Waals surface area contributed by atoms with Crippen molar-refractivity contribution in [1.82, 2.24) is 19.4 Å². The molecular formula is C24H24ClF3N4O5S. The predicted octanol–water partition coefficient (Wildman–Crippen LogP) is 3.71. The molecule has 1 aliphatic heterocycles. The second kappa shape index (κ2) is 10.5. The molecule has 14 heteroatoms. The molecule has 0 radical (unpaired) electrons. The van der Waals surface area contributed by atoms with E-state index in [-0.39, 0.29) is 77.0 Å². The molecule has 0 aliphatic carbocycles. The summed E-state index contributed by atoms with van der Waals surface area (Å²) in [5.41, 5.74) is -1.55. The van der Waals surface area contributed by atoms with E-state index >= 15 is 0 Å². The summed E-state index contributed by atoms with van der Waals surface area (Å²) in [5.74, 6) is -0.185. The number of piperazine rings is 1. The highest BCUT2D eigenvalue weighted by Crippen LogP contribution is 2.34. The molecule has 0 bridgehead atoms. The molecule has 0 unspecified atom stereocenters. The Morgan fingerprint density at radius 1 is 1.08 bits per heavy atom. The summed E-state index contributed by atoms with van der Waals surface area (Å²) in [6.07, 6.45) is -4.67. The molecule has 2 heterocycles. The molecular weight excluding hydrogens is 549 g/mol. The van der Waals surface area contributed by atoms with Gasteiger partial charge in [-0.2, -0.15) is 13.2 Å². The van der Waals surface area contributed by atoms with Crippen LogP contribution in [0.5, 0.6) is 0 Å². The third-order valence-corrected chi connectivity index (χ3v) is 8.53. The number of carbonyl (C=O) groups is 1. The third-order valence-electron chi connectivity index (χ3n) is 6.47. The summed E-state index contributed by atoms with van der Waals surface area (Å²) in [5, 5.41) is 9.07. The summed E-state index contributed by atoms with van der Waals surface area (Å²) in [6, 6.07) is 6.13. The molecule has 2 aromatic carbocycles. The van der Waals surface area contributed by atoms with Gasteiger partial charge < -0.3 is 10.0 Å². The summed E-state index contributed by atoms with van der Waals surface area (Å²) >= 11 is 6.04. The first-order valence-corrected chi connectivity index (χ1v) is 13.6. The van der Waals surface area contributed by atoms with E-state index in [1.54, 1.807) is 4.90 Å². The molecule has 1 amide bonds. The van der Waals surface area contributed by atoms with Gasteiger partial charge in [-0.15, -0.1) is 0 Å². The number of sulfone groups is 1. The average Bonchev–Trinajstić information content (AvgIpc) is 2.85. The van der Waals surface area contributed by atoms with Crippen LogP contribution in [0.4, 0.5) is 18.0 Å². The number of hydrogen-bond acceptors (Lipinski definition) is 6. The van der Waals surface area contributed by atoms with Crippen molar-refractivity contribution in [2.24, 2.45) is 0 Å². The Bertz CT molecular complexity index is 1550. The summed E-state index contributed by atoms with van der Waals surface area (Å²) < 4.78 is 68.2. The van der Waals surface area contributed by atoms with E-state index in [1.165, 1.54) is 36.1 Å². The van der Waals surface area contributed by atoms with Crippen molar-refractivity contribution in [2.45, 2.75) is 31.1 Å². The van der Waals surface area contributed by atoms with Crippen molar-refractivity contribution in [1.29, 1.82) is 0 Å². The number of aromatic nitrogens is 2. The van der Waals surface area contributed by atoms with E-state index < -0.39 is 33.2 Å². The highest BCUT2D eigenvalue weighted by molar-refractivity contribution is 7.91. The van der Waals surface area contributed by atoms with Crippen molar-refractivity contribution in [2.75, 3.05) is 31.9 Å². The molecule has 0 spiro atoms. The zero-order valence-electron chi connectivity index (χ0n) is 20.2. The van der Waals surface area contributed by atoms with Crippen molar-refractivity contribution < 1.29 is 31.5 Å². The Balaban J connectivity index is 1.72. The lowest BCUT2D eigenvalue weighted by atomic mass is 10.0. The number of halogens is 4. The minimum Gasteiger partial charge on any atom is -0.465 e. The van der Waals surface area contributed by atoms with E-state index in [4.69, 9.17) is 16.7 Å². The summed E-state index contributed by atoms with van der Waals surface area (Å²) in [4.78, 5) is 31.4. The number of nitrogens with zero attached hydrogens (tertiary/aromatic N) is 4. The maximum absolute atomic E-state index is 14.0. The van der Waals surface area contributed by atoms with Crippen molar-refractivity contribution in [3.8, 4) is 0 Å². The van der Waals surface area contributed by atoms with Gasteiger partial charge in [-0.05, 0) is 41.5 Å². The molecule has 3 aromatic rings. The van der Waals surface area contributed by atoms with Gasteiger partial charge >= 0.3 is 12.3 Å². The lowest BCUT2D eigenvalue weighted by Gasteiger charge is -2.33. The molecule has 1 saturated heterocycles. The van der Waals surface area contributed by atoms with Gasteiger partial charge in [0.2, 0.25) is 0 Å². The summed E-state index contributed by atoms with van der Waals surface area (Å²) in [7, 11) is -3.66. The fraction of sp³-hybridized carbons (Fsp3) is 0.375. The standard InChI is InChI=1S/C24H24ClF3N4O5S/c1-2-38(36,37)21-4-3-17(25)9-16(21)13-32-14-29-20-10-15(12-30-5-7-31(8-6-30)23(34)35)19(24(26,27)28)11-18(20)22(32)33/h3-4,9-11,14H,2,5-8,12-13H2,1H3,(H,34,35). The van der Waals surface area contributed by atoms with Crippen LogP contribution in [-0.4, -0.2) is 70.9 Å². The van der Waals surface area contributed by atoms with E-state index in [1.807, 2.05) is 0 Å². The first kappa shape index (κ1) is 27.9. The maximum Gasteiger partial charge on any atom is 0.416 e. The monoisotopic (exact) mass is 572 g/mol. The zero-order chi connectivity index (χ0) is 27.8. The quantitative estimate of drug-likeness (QED) is 0.479. The van der Waals surface area contributed by atoms with E-state index in [2.05, 4.69) is 4.98 Å². The van der Waals surface area contributed by atoms with Crippen LogP contribution in [0.25, 0.3) is 10.9 Å². The van der Waals surface area contributed by atoms with Gasteiger partial charge in [0, 0.05) is 37.7 Å². The van der Waals surface area contributed by atoms with Gasteiger partial charge in [-0.25, -0.2) is 18.2 Å². The minimum absolute atomic E-state index is 0.0225. The maximum atomic E-state index is 14.0. The van der Waals surface area contributed by atoms with E-state index in [9.17, 15) is 31.2 Å². The Morgan fingerprint density at radius 2 is 1.76 bits per heavy atom. The molecule has 38 heavy (non-hydrogen) atoms. The number of rotatable bonds is 6. The smallest absolute Gasteiger partial charge is 0.416 e.